The first-order chi connectivity index (χ1) is 19.1. The SMILES string of the molecule is Cl.O=C(O)CN(C1(C(=O)O)CC1c1cccc(OC2CCNCC2)c1)S(=O)(=O)c1ccc(-c2ccc(Cl)cc2)cc1. The molecule has 0 amide bonds. The van der Waals surface area contributed by atoms with Crippen LogP contribution in [0, 0.1) is 0 Å². The number of carboxylic acids is 2. The molecular formula is C29H30Cl2N2O7S. The molecule has 9 nitrogen and oxygen atoms in total. The molecule has 218 valence electrons. The molecule has 0 spiro atoms. The van der Waals surface area contributed by atoms with Crippen LogP contribution in [0.3, 0.4) is 0 Å². The Bertz CT molecular complexity index is 1510. The third-order valence-corrected chi connectivity index (χ3v) is 9.65. The molecule has 41 heavy (non-hydrogen) atoms. The Kier molecular flexibility index (Phi) is 9.30. The number of hydrogen-bond acceptors (Lipinski definition) is 6. The summed E-state index contributed by atoms with van der Waals surface area (Å²) in [6.07, 6.45) is 1.65. The van der Waals surface area contributed by atoms with E-state index in [-0.39, 0.29) is 29.8 Å². The third-order valence-electron chi connectivity index (χ3n) is 7.50. The van der Waals surface area contributed by atoms with Crippen LogP contribution in [0.4, 0.5) is 0 Å². The molecule has 0 aromatic heterocycles. The molecule has 3 aromatic carbocycles. The van der Waals surface area contributed by atoms with Crippen LogP contribution >= 0.6 is 24.0 Å². The summed E-state index contributed by atoms with van der Waals surface area (Å²) in [5.41, 5.74) is 0.173. The minimum absolute atomic E-state index is 0. The number of piperidine rings is 1. The van der Waals surface area contributed by atoms with Gasteiger partial charge in [-0.1, -0.05) is 48.0 Å². The van der Waals surface area contributed by atoms with E-state index in [2.05, 4.69) is 5.32 Å². The van der Waals surface area contributed by atoms with E-state index in [1.54, 1.807) is 60.7 Å². The number of halogens is 2. The molecule has 3 N–H and O–H groups in total. The Morgan fingerprint density at radius 3 is 2.17 bits per heavy atom. The van der Waals surface area contributed by atoms with Crippen LogP contribution < -0.4 is 10.1 Å². The fourth-order valence-corrected chi connectivity index (χ4v) is 7.18. The standard InChI is InChI=1S/C29H29ClN2O7S.ClH/c30-22-8-4-19(5-9-22)20-6-10-25(11-7-20)40(37,38)32(18-27(33)34)29(28(35)36)17-26(29)21-2-1-3-24(16-21)39-23-12-14-31-15-13-23;/h1-11,16,23,26,31H,12-15,17-18H2,(H,33,34)(H,35,36);1H. The van der Waals surface area contributed by atoms with Gasteiger partial charge in [0.2, 0.25) is 10.0 Å². The zero-order chi connectivity index (χ0) is 28.5. The van der Waals surface area contributed by atoms with Crippen molar-refractivity contribution in [3.63, 3.8) is 0 Å². The number of sulfonamides is 1. The van der Waals surface area contributed by atoms with Gasteiger partial charge in [-0.25, -0.2) is 8.42 Å². The average molecular weight is 622 g/mol. The second-order valence-electron chi connectivity index (χ2n) is 10.1. The Morgan fingerprint density at radius 2 is 1.59 bits per heavy atom. The van der Waals surface area contributed by atoms with E-state index in [1.807, 2.05) is 0 Å². The number of aliphatic carboxylic acids is 2. The van der Waals surface area contributed by atoms with Crippen LogP contribution in [0.1, 0.15) is 30.7 Å². The molecule has 1 heterocycles. The summed E-state index contributed by atoms with van der Waals surface area (Å²) in [7, 11) is -4.50. The number of ether oxygens (including phenoxy) is 1. The Morgan fingerprint density at radius 1 is 0.976 bits per heavy atom. The maximum absolute atomic E-state index is 13.8. The fraction of sp³-hybridized carbons (Fsp3) is 0.310. The van der Waals surface area contributed by atoms with Gasteiger partial charge in [-0.05, 0) is 85.4 Å². The van der Waals surface area contributed by atoms with Crippen molar-refractivity contribution in [1.29, 1.82) is 0 Å². The lowest BCUT2D eigenvalue weighted by atomic mass is 10.1. The van der Waals surface area contributed by atoms with Crippen molar-refractivity contribution in [3.8, 4) is 16.9 Å². The zero-order valence-electron chi connectivity index (χ0n) is 21.9. The molecular weight excluding hydrogens is 591 g/mol. The molecule has 1 saturated carbocycles. The van der Waals surface area contributed by atoms with Gasteiger partial charge in [-0.3, -0.25) is 9.59 Å². The molecule has 2 fully saturated rings. The highest BCUT2D eigenvalue weighted by atomic mass is 35.5. The number of rotatable bonds is 10. The van der Waals surface area contributed by atoms with Crippen molar-refractivity contribution >= 4 is 46.0 Å². The average Bonchev–Trinajstić information content (AvgIpc) is 3.70. The normalized spacial score (nSPS) is 20.7. The molecule has 12 heteroatoms. The molecule has 3 aromatic rings. The predicted octanol–water partition coefficient (Wildman–Crippen LogP) is 4.65. The van der Waals surface area contributed by atoms with Gasteiger partial charge in [0.15, 0.2) is 0 Å². The summed E-state index contributed by atoms with van der Waals surface area (Å²) in [5.74, 6) is -3.02. The third kappa shape index (κ3) is 6.37. The maximum atomic E-state index is 13.8. The first kappa shape index (κ1) is 30.8. The molecule has 2 atom stereocenters. The fourth-order valence-electron chi connectivity index (χ4n) is 5.33. The number of nitrogens with one attached hydrogen (secondary N) is 1. The first-order valence-electron chi connectivity index (χ1n) is 12.9. The van der Waals surface area contributed by atoms with Crippen LogP contribution in [-0.4, -0.2) is 66.2 Å². The molecule has 1 aliphatic carbocycles. The van der Waals surface area contributed by atoms with E-state index in [0.29, 0.717) is 20.6 Å². The first-order valence-corrected chi connectivity index (χ1v) is 14.7. The highest BCUT2D eigenvalue weighted by Crippen LogP contribution is 2.57. The Balaban J connectivity index is 0.00000387. The van der Waals surface area contributed by atoms with Gasteiger partial charge in [-0.2, -0.15) is 4.31 Å². The minimum atomic E-state index is -4.50. The van der Waals surface area contributed by atoms with Crippen LogP contribution in [0.5, 0.6) is 5.75 Å². The second kappa shape index (κ2) is 12.4. The number of nitrogens with zero attached hydrogens (tertiary/aromatic N) is 1. The van der Waals surface area contributed by atoms with E-state index in [9.17, 15) is 28.2 Å². The predicted molar refractivity (Wildman–Crippen MR) is 156 cm³/mol. The maximum Gasteiger partial charge on any atom is 0.325 e. The van der Waals surface area contributed by atoms with Gasteiger partial charge >= 0.3 is 11.9 Å². The smallest absolute Gasteiger partial charge is 0.325 e. The number of carbonyl (C=O) groups is 2. The Hall–Kier alpha value is -3.15. The van der Waals surface area contributed by atoms with Gasteiger partial charge in [-0.15, -0.1) is 12.4 Å². The van der Waals surface area contributed by atoms with Crippen LogP contribution in [0.15, 0.2) is 77.7 Å². The molecule has 1 aliphatic heterocycles. The van der Waals surface area contributed by atoms with Gasteiger partial charge in [0.1, 0.15) is 23.9 Å². The highest BCUT2D eigenvalue weighted by Gasteiger charge is 2.68. The number of benzene rings is 3. The largest absolute Gasteiger partial charge is 0.490 e. The van der Waals surface area contributed by atoms with Crippen LogP contribution in [-0.2, 0) is 19.6 Å². The quantitative estimate of drug-likeness (QED) is 0.298. The molecule has 2 unspecified atom stereocenters. The molecule has 2 aliphatic rings. The van der Waals surface area contributed by atoms with Gasteiger partial charge < -0.3 is 20.3 Å². The van der Waals surface area contributed by atoms with E-state index in [0.717, 1.165) is 37.1 Å². The number of hydrogen-bond donors (Lipinski definition) is 3. The Labute approximate surface area is 249 Å². The monoisotopic (exact) mass is 620 g/mol. The summed E-state index contributed by atoms with van der Waals surface area (Å²) in [6, 6.07) is 19.9. The van der Waals surface area contributed by atoms with Crippen LogP contribution in [0.25, 0.3) is 11.1 Å². The van der Waals surface area contributed by atoms with Gasteiger partial charge in [0.05, 0.1) is 4.90 Å². The summed E-state index contributed by atoms with van der Waals surface area (Å²) < 4.78 is 34.3. The van der Waals surface area contributed by atoms with Crippen molar-refractivity contribution < 1.29 is 33.0 Å². The lowest BCUT2D eigenvalue weighted by Gasteiger charge is -2.28. The van der Waals surface area contributed by atoms with Crippen molar-refractivity contribution in [3.05, 3.63) is 83.4 Å². The van der Waals surface area contributed by atoms with Gasteiger partial charge in [0.25, 0.3) is 0 Å². The van der Waals surface area contributed by atoms with Crippen molar-refractivity contribution in [2.45, 2.75) is 41.7 Å². The lowest BCUT2D eigenvalue weighted by Crippen LogP contribution is -2.50. The van der Waals surface area contributed by atoms with Gasteiger partial charge in [0, 0.05) is 10.9 Å². The van der Waals surface area contributed by atoms with E-state index in [4.69, 9.17) is 16.3 Å². The summed E-state index contributed by atoms with van der Waals surface area (Å²) in [6.45, 7) is 0.699. The molecule has 5 rings (SSSR count). The van der Waals surface area contributed by atoms with Crippen LogP contribution in [0.2, 0.25) is 5.02 Å². The van der Waals surface area contributed by atoms with Crippen molar-refractivity contribution in [1.82, 2.24) is 9.62 Å². The summed E-state index contributed by atoms with van der Waals surface area (Å²) >= 11 is 5.95. The van der Waals surface area contributed by atoms with E-state index >= 15 is 0 Å². The summed E-state index contributed by atoms with van der Waals surface area (Å²) in [5, 5.41) is 23.8. The van der Waals surface area contributed by atoms with E-state index < -0.39 is 40.0 Å². The summed E-state index contributed by atoms with van der Waals surface area (Å²) in [4.78, 5) is 24.3. The van der Waals surface area contributed by atoms with Crippen molar-refractivity contribution in [2.75, 3.05) is 19.6 Å². The zero-order valence-corrected chi connectivity index (χ0v) is 24.3. The topological polar surface area (TPSA) is 133 Å². The molecule has 0 radical (unpaired) electrons. The minimum Gasteiger partial charge on any atom is -0.490 e. The highest BCUT2D eigenvalue weighted by molar-refractivity contribution is 7.89. The van der Waals surface area contributed by atoms with Crippen molar-refractivity contribution in [2.24, 2.45) is 0 Å². The lowest BCUT2D eigenvalue weighted by molar-refractivity contribution is -0.145. The second-order valence-corrected chi connectivity index (χ2v) is 12.4. The molecule has 0 bridgehead atoms. The number of carboxylic acid groups (broad SMARTS) is 2. The molecule has 1 saturated heterocycles. The van der Waals surface area contributed by atoms with E-state index in [1.165, 1.54) is 12.1 Å².